The van der Waals surface area contributed by atoms with Crippen LogP contribution in [0.3, 0.4) is 0 Å². The molecule has 0 saturated carbocycles. The van der Waals surface area contributed by atoms with Gasteiger partial charge in [0.2, 0.25) is 0 Å². The van der Waals surface area contributed by atoms with Crippen LogP contribution in [0.15, 0.2) is 30.5 Å². The van der Waals surface area contributed by atoms with Gasteiger partial charge in [-0.1, -0.05) is 39.0 Å². The first-order chi connectivity index (χ1) is 10.1. The highest BCUT2D eigenvalue weighted by molar-refractivity contribution is 5.85. The molecule has 22 heavy (non-hydrogen) atoms. The Morgan fingerprint density at radius 2 is 2.09 bits per heavy atom. The Morgan fingerprint density at radius 3 is 2.86 bits per heavy atom. The highest BCUT2D eigenvalue weighted by atomic mass is 35.5. The lowest BCUT2D eigenvalue weighted by Crippen LogP contribution is -2.27. The van der Waals surface area contributed by atoms with Crippen LogP contribution in [-0.4, -0.2) is 16.8 Å². The highest BCUT2D eigenvalue weighted by Crippen LogP contribution is 2.32. The molecule has 0 amide bonds. The smallest absolute Gasteiger partial charge is 0.124 e. The predicted molar refractivity (Wildman–Crippen MR) is 90.7 cm³/mol. The third-order valence-electron chi connectivity index (χ3n) is 3.97. The number of benzene rings is 1. The average Bonchev–Trinajstić information content (AvgIpc) is 2.93. The number of H-pyrrole nitrogens is 1. The molecule has 1 aromatic heterocycles. The maximum absolute atomic E-state index is 5.71. The summed E-state index contributed by atoms with van der Waals surface area (Å²) < 4.78 is 5.71. The van der Waals surface area contributed by atoms with Crippen molar-refractivity contribution < 1.29 is 4.74 Å². The summed E-state index contributed by atoms with van der Waals surface area (Å²) in [6.45, 7) is 8.20. The van der Waals surface area contributed by atoms with Gasteiger partial charge in [0.25, 0.3) is 0 Å². The largest absolute Gasteiger partial charge is 0.493 e. The molecule has 2 N–H and O–H groups in total. The molecule has 1 unspecified atom stereocenters. The first-order valence-electron chi connectivity index (χ1n) is 7.53. The van der Waals surface area contributed by atoms with E-state index in [1.54, 1.807) is 0 Å². The molecule has 3 rings (SSSR count). The molecule has 1 aliphatic rings. The van der Waals surface area contributed by atoms with Crippen molar-refractivity contribution in [3.8, 4) is 5.75 Å². The predicted octanol–water partition coefficient (Wildman–Crippen LogP) is 3.74. The molecule has 0 fully saturated rings. The van der Waals surface area contributed by atoms with E-state index in [-0.39, 0.29) is 17.8 Å². The normalized spacial score (nSPS) is 17.3. The second-order valence-corrected chi connectivity index (χ2v) is 6.63. The van der Waals surface area contributed by atoms with Crippen LogP contribution in [0.4, 0.5) is 0 Å². The van der Waals surface area contributed by atoms with Crippen LogP contribution in [0.1, 0.15) is 50.1 Å². The number of hydrogen-bond donors (Lipinski definition) is 2. The molecule has 1 aromatic carbocycles. The van der Waals surface area contributed by atoms with E-state index in [4.69, 9.17) is 4.74 Å². The number of rotatable bonds is 3. The first-order valence-corrected chi connectivity index (χ1v) is 7.53. The van der Waals surface area contributed by atoms with Gasteiger partial charge in [-0.25, -0.2) is 0 Å². The van der Waals surface area contributed by atoms with E-state index in [1.165, 1.54) is 16.8 Å². The van der Waals surface area contributed by atoms with E-state index in [9.17, 15) is 0 Å². The van der Waals surface area contributed by atoms with E-state index >= 15 is 0 Å². The van der Waals surface area contributed by atoms with Crippen LogP contribution < -0.4 is 10.1 Å². The topological polar surface area (TPSA) is 49.9 Å². The third-order valence-corrected chi connectivity index (χ3v) is 3.97. The summed E-state index contributed by atoms with van der Waals surface area (Å²) in [5.74, 6) is 1.00. The Bertz CT molecular complexity index is 618. The number of ether oxygens (including phenoxy) is 1. The molecule has 0 saturated heterocycles. The van der Waals surface area contributed by atoms with E-state index < -0.39 is 0 Å². The van der Waals surface area contributed by atoms with Crippen LogP contribution in [0.25, 0.3) is 0 Å². The van der Waals surface area contributed by atoms with Crippen molar-refractivity contribution in [1.29, 1.82) is 0 Å². The maximum Gasteiger partial charge on any atom is 0.124 e. The lowest BCUT2D eigenvalue weighted by atomic mass is 9.89. The standard InChI is InChI=1S/C17H23N3O.ClH/c1-17(2,3)16-12(11-19-20-16)10-18-14-8-9-21-15-7-5-4-6-13(14)15;/h4-7,11,14,18H,8-10H2,1-3H3,(H,19,20);1H. The summed E-state index contributed by atoms with van der Waals surface area (Å²) in [7, 11) is 0. The summed E-state index contributed by atoms with van der Waals surface area (Å²) in [6.07, 6.45) is 2.93. The van der Waals surface area contributed by atoms with E-state index in [0.717, 1.165) is 25.3 Å². The van der Waals surface area contributed by atoms with Crippen LogP contribution in [0, 0.1) is 0 Å². The summed E-state index contributed by atoms with van der Waals surface area (Å²) >= 11 is 0. The Kier molecular flexibility index (Phi) is 5.14. The van der Waals surface area contributed by atoms with Crippen molar-refractivity contribution in [3.63, 3.8) is 0 Å². The molecule has 0 radical (unpaired) electrons. The van der Waals surface area contributed by atoms with E-state index in [0.29, 0.717) is 6.04 Å². The van der Waals surface area contributed by atoms with Crippen molar-refractivity contribution >= 4 is 12.4 Å². The Labute approximate surface area is 138 Å². The minimum absolute atomic E-state index is 0. The minimum atomic E-state index is 0. The molecule has 4 nitrogen and oxygen atoms in total. The van der Waals surface area contributed by atoms with Crippen LogP contribution in [0.2, 0.25) is 0 Å². The van der Waals surface area contributed by atoms with Crippen molar-refractivity contribution in [3.05, 3.63) is 47.3 Å². The number of aromatic amines is 1. The number of nitrogens with zero attached hydrogens (tertiary/aromatic N) is 1. The summed E-state index contributed by atoms with van der Waals surface area (Å²) in [5, 5.41) is 11.0. The van der Waals surface area contributed by atoms with Crippen molar-refractivity contribution in [2.75, 3.05) is 6.61 Å². The monoisotopic (exact) mass is 321 g/mol. The zero-order valence-corrected chi connectivity index (χ0v) is 14.2. The Balaban J connectivity index is 0.00000176. The van der Waals surface area contributed by atoms with Gasteiger partial charge in [-0.2, -0.15) is 5.10 Å². The van der Waals surface area contributed by atoms with Gasteiger partial charge in [0.15, 0.2) is 0 Å². The SMILES string of the molecule is CC(C)(C)c1[nH]ncc1CNC1CCOc2ccccc21.Cl. The Hall–Kier alpha value is -1.52. The molecule has 120 valence electrons. The maximum atomic E-state index is 5.71. The molecule has 0 spiro atoms. The molecule has 0 aliphatic carbocycles. The van der Waals surface area contributed by atoms with E-state index in [2.05, 4.69) is 48.4 Å². The fraction of sp³-hybridized carbons (Fsp3) is 0.471. The first kappa shape index (κ1) is 16.8. The second-order valence-electron chi connectivity index (χ2n) is 6.63. The molecule has 1 aliphatic heterocycles. The molecule has 2 aromatic rings. The summed E-state index contributed by atoms with van der Waals surface area (Å²) in [4.78, 5) is 0. The number of aromatic nitrogens is 2. The highest BCUT2D eigenvalue weighted by Gasteiger charge is 2.23. The number of hydrogen-bond acceptors (Lipinski definition) is 3. The van der Waals surface area contributed by atoms with Gasteiger partial charge in [0.05, 0.1) is 12.8 Å². The summed E-state index contributed by atoms with van der Waals surface area (Å²) in [6, 6.07) is 8.63. The fourth-order valence-corrected chi connectivity index (χ4v) is 2.88. The molecular formula is C17H24ClN3O. The number of halogens is 1. The molecule has 0 bridgehead atoms. The van der Waals surface area contributed by atoms with Gasteiger partial charge >= 0.3 is 0 Å². The van der Waals surface area contributed by atoms with Gasteiger partial charge < -0.3 is 10.1 Å². The third kappa shape index (κ3) is 3.45. The number of para-hydroxylation sites is 1. The second kappa shape index (κ2) is 6.71. The lowest BCUT2D eigenvalue weighted by molar-refractivity contribution is 0.252. The average molecular weight is 322 g/mol. The molecular weight excluding hydrogens is 298 g/mol. The zero-order valence-electron chi connectivity index (χ0n) is 13.3. The fourth-order valence-electron chi connectivity index (χ4n) is 2.88. The molecule has 2 heterocycles. The van der Waals surface area contributed by atoms with Gasteiger partial charge in [-0.15, -0.1) is 12.4 Å². The lowest BCUT2D eigenvalue weighted by Gasteiger charge is -2.27. The van der Waals surface area contributed by atoms with Crippen molar-refractivity contribution in [1.82, 2.24) is 15.5 Å². The number of fused-ring (bicyclic) bond motifs is 1. The zero-order chi connectivity index (χ0) is 14.9. The van der Waals surface area contributed by atoms with Crippen LogP contribution >= 0.6 is 12.4 Å². The summed E-state index contributed by atoms with van der Waals surface area (Å²) in [5.41, 5.74) is 3.78. The van der Waals surface area contributed by atoms with Crippen molar-refractivity contribution in [2.24, 2.45) is 0 Å². The van der Waals surface area contributed by atoms with Crippen LogP contribution in [-0.2, 0) is 12.0 Å². The van der Waals surface area contributed by atoms with Gasteiger partial charge in [-0.05, 0) is 6.07 Å². The van der Waals surface area contributed by atoms with Crippen molar-refractivity contribution in [2.45, 2.75) is 45.2 Å². The number of nitrogens with one attached hydrogen (secondary N) is 2. The van der Waals surface area contributed by atoms with Crippen LogP contribution in [0.5, 0.6) is 5.75 Å². The van der Waals surface area contributed by atoms with Gasteiger partial charge in [0, 0.05) is 41.2 Å². The Morgan fingerprint density at radius 1 is 1.32 bits per heavy atom. The van der Waals surface area contributed by atoms with E-state index in [1.807, 2.05) is 18.3 Å². The molecule has 1 atom stereocenters. The minimum Gasteiger partial charge on any atom is -0.493 e. The van der Waals surface area contributed by atoms with Gasteiger partial charge in [-0.3, -0.25) is 5.10 Å². The molecule has 5 heteroatoms. The quantitative estimate of drug-likeness (QED) is 0.905. The van der Waals surface area contributed by atoms with Gasteiger partial charge in [0.1, 0.15) is 5.75 Å².